The van der Waals surface area contributed by atoms with Gasteiger partial charge in [0, 0.05) is 0 Å². The highest BCUT2D eigenvalue weighted by Crippen LogP contribution is 2.61. The second kappa shape index (κ2) is 3.40. The summed E-state index contributed by atoms with van der Waals surface area (Å²) in [4.78, 5) is 43.8. The Bertz CT molecular complexity index is 328. The van der Waals surface area contributed by atoms with Crippen molar-refractivity contribution in [1.29, 1.82) is 0 Å². The molecule has 6 nitrogen and oxygen atoms in total. The predicted molar refractivity (Wildman–Crippen MR) is 50.6 cm³/mol. The minimum atomic E-state index is -1.53. The Morgan fingerprint density at radius 2 is 1.19 bits per heavy atom. The first-order chi connectivity index (χ1) is 7.25. The van der Waals surface area contributed by atoms with Gasteiger partial charge in [-0.3, -0.25) is 9.59 Å². The van der Waals surface area contributed by atoms with Crippen LogP contribution in [0.5, 0.6) is 0 Å². The lowest BCUT2D eigenvalue weighted by Gasteiger charge is -2.57. The lowest BCUT2D eigenvalue weighted by molar-refractivity contribution is -0.206. The molecule has 0 aromatic carbocycles. The van der Waals surface area contributed by atoms with Crippen LogP contribution >= 0.6 is 0 Å². The average molecular weight is 228 g/mol. The number of aldehydes is 2. The van der Waals surface area contributed by atoms with Crippen molar-refractivity contribution >= 4 is 24.5 Å². The van der Waals surface area contributed by atoms with E-state index in [1.54, 1.807) is 0 Å². The van der Waals surface area contributed by atoms with Crippen LogP contribution in [0.25, 0.3) is 0 Å². The maximum atomic E-state index is 11.0. The van der Waals surface area contributed by atoms with Crippen molar-refractivity contribution in [3.8, 4) is 0 Å². The molecule has 6 heteroatoms. The molecule has 0 unspecified atom stereocenters. The highest BCUT2D eigenvalue weighted by atomic mass is 16.4. The smallest absolute Gasteiger partial charge is 0.308 e. The zero-order valence-electron chi connectivity index (χ0n) is 8.84. The van der Waals surface area contributed by atoms with Crippen LogP contribution < -0.4 is 0 Å². The van der Waals surface area contributed by atoms with Gasteiger partial charge in [-0.05, 0) is 0 Å². The molecule has 1 rings (SSSR count). The van der Waals surface area contributed by atoms with E-state index in [0.717, 1.165) is 0 Å². The molecular formula is C10H12O6. The summed E-state index contributed by atoms with van der Waals surface area (Å²) >= 11 is 0. The number of carbonyl (C=O) groups is 4. The largest absolute Gasteiger partial charge is 0.481 e. The first kappa shape index (κ1) is 12.4. The molecule has 0 amide bonds. The van der Waals surface area contributed by atoms with E-state index in [1.165, 1.54) is 13.8 Å². The summed E-state index contributed by atoms with van der Waals surface area (Å²) in [6, 6.07) is 0. The number of aliphatic carboxylic acids is 2. The molecule has 0 atom stereocenters. The normalized spacial score (nSPS) is 41.9. The zero-order valence-corrected chi connectivity index (χ0v) is 8.84. The van der Waals surface area contributed by atoms with Gasteiger partial charge in [0.1, 0.15) is 12.6 Å². The van der Waals surface area contributed by atoms with Gasteiger partial charge in [-0.15, -0.1) is 0 Å². The van der Waals surface area contributed by atoms with Crippen molar-refractivity contribution in [3.05, 3.63) is 0 Å². The quantitative estimate of drug-likeness (QED) is 0.645. The van der Waals surface area contributed by atoms with Crippen LogP contribution in [-0.4, -0.2) is 34.7 Å². The predicted octanol–water partition coefficient (Wildman–Crippen LogP) is -0.188. The van der Waals surface area contributed by atoms with Gasteiger partial charge in [0.2, 0.25) is 0 Å². The van der Waals surface area contributed by atoms with Crippen LogP contribution in [0.4, 0.5) is 0 Å². The molecule has 1 aliphatic rings. The Hall–Kier alpha value is -1.72. The highest BCUT2D eigenvalue weighted by Gasteiger charge is 2.72. The van der Waals surface area contributed by atoms with E-state index in [4.69, 9.17) is 10.2 Å². The fourth-order valence-electron chi connectivity index (χ4n) is 2.91. The van der Waals surface area contributed by atoms with Crippen LogP contribution in [0.3, 0.4) is 0 Å². The van der Waals surface area contributed by atoms with Gasteiger partial charge in [0.25, 0.3) is 0 Å². The monoisotopic (exact) mass is 228 g/mol. The lowest BCUT2D eigenvalue weighted by atomic mass is 9.41. The third-order valence-electron chi connectivity index (χ3n) is 3.49. The summed E-state index contributed by atoms with van der Waals surface area (Å²) in [5, 5.41) is 17.9. The maximum absolute atomic E-state index is 11.0. The number of carboxylic acid groups (broad SMARTS) is 2. The van der Waals surface area contributed by atoms with Crippen LogP contribution in [0, 0.1) is 22.7 Å². The zero-order chi connectivity index (χ0) is 12.7. The van der Waals surface area contributed by atoms with Crippen LogP contribution in [0.2, 0.25) is 0 Å². The molecule has 1 fully saturated rings. The molecule has 0 aromatic rings. The lowest BCUT2D eigenvalue weighted by Crippen LogP contribution is -2.68. The van der Waals surface area contributed by atoms with Crippen molar-refractivity contribution < 1.29 is 29.4 Å². The number of carbonyl (C=O) groups excluding carboxylic acids is 2. The molecule has 0 radical (unpaired) electrons. The fraction of sp³-hybridized carbons (Fsp3) is 0.600. The van der Waals surface area contributed by atoms with E-state index >= 15 is 0 Å². The number of carboxylic acids is 2. The SMILES string of the molecule is CC1(C=O)C(C(=O)O)C(C)(C=O)C1C(=O)O. The van der Waals surface area contributed by atoms with Gasteiger partial charge in [-0.1, -0.05) is 13.8 Å². The standard InChI is InChI=1S/C10H12O6/c1-9(3-11)5(7(13)14)10(2,4-12)6(9)8(15)16/h3-6H,1-2H3,(H,13,14)(H,15,16). The summed E-state index contributed by atoms with van der Waals surface area (Å²) in [7, 11) is 0. The van der Waals surface area contributed by atoms with E-state index in [-0.39, 0.29) is 0 Å². The van der Waals surface area contributed by atoms with Crippen molar-refractivity contribution in [2.45, 2.75) is 13.8 Å². The molecule has 1 saturated carbocycles. The van der Waals surface area contributed by atoms with E-state index in [2.05, 4.69) is 0 Å². The molecule has 0 aromatic heterocycles. The van der Waals surface area contributed by atoms with E-state index in [1.807, 2.05) is 0 Å². The van der Waals surface area contributed by atoms with Gasteiger partial charge < -0.3 is 19.8 Å². The molecular weight excluding hydrogens is 216 g/mol. The Morgan fingerprint density at radius 3 is 1.31 bits per heavy atom. The topological polar surface area (TPSA) is 109 Å². The molecule has 0 bridgehead atoms. The van der Waals surface area contributed by atoms with Crippen LogP contribution in [0.15, 0.2) is 0 Å². The Kier molecular flexibility index (Phi) is 2.62. The molecule has 0 spiro atoms. The van der Waals surface area contributed by atoms with E-state index < -0.39 is 34.6 Å². The third-order valence-corrected chi connectivity index (χ3v) is 3.49. The van der Waals surface area contributed by atoms with E-state index in [9.17, 15) is 19.2 Å². The van der Waals surface area contributed by atoms with Crippen molar-refractivity contribution in [3.63, 3.8) is 0 Å². The molecule has 0 heterocycles. The summed E-state index contributed by atoms with van der Waals surface area (Å²) in [5.41, 5.74) is -3.07. The van der Waals surface area contributed by atoms with Crippen molar-refractivity contribution in [1.82, 2.24) is 0 Å². The van der Waals surface area contributed by atoms with Gasteiger partial charge in [-0.2, -0.15) is 0 Å². The number of hydrogen-bond donors (Lipinski definition) is 2. The Balaban J connectivity index is 3.30. The molecule has 0 saturated heterocycles. The highest BCUT2D eigenvalue weighted by molar-refractivity contribution is 5.95. The number of rotatable bonds is 4. The first-order valence-electron chi connectivity index (χ1n) is 4.64. The summed E-state index contributed by atoms with van der Waals surface area (Å²) < 4.78 is 0. The van der Waals surface area contributed by atoms with Crippen LogP contribution in [0.1, 0.15) is 13.8 Å². The molecule has 0 aliphatic heterocycles. The first-order valence-corrected chi connectivity index (χ1v) is 4.64. The van der Waals surface area contributed by atoms with Gasteiger partial charge in [0.15, 0.2) is 0 Å². The van der Waals surface area contributed by atoms with Crippen molar-refractivity contribution in [2.75, 3.05) is 0 Å². The minimum Gasteiger partial charge on any atom is -0.481 e. The summed E-state index contributed by atoms with van der Waals surface area (Å²) in [5.74, 6) is -5.25. The second-order valence-electron chi connectivity index (χ2n) is 4.51. The number of hydrogen-bond acceptors (Lipinski definition) is 4. The van der Waals surface area contributed by atoms with Gasteiger partial charge >= 0.3 is 11.9 Å². The molecule has 2 N–H and O–H groups in total. The fourth-order valence-corrected chi connectivity index (χ4v) is 2.91. The minimum absolute atomic E-state index is 0.315. The maximum Gasteiger partial charge on any atom is 0.308 e. The summed E-state index contributed by atoms with van der Waals surface area (Å²) in [6.07, 6.45) is 0.631. The molecule has 16 heavy (non-hydrogen) atoms. The third kappa shape index (κ3) is 1.19. The Morgan fingerprint density at radius 1 is 0.938 bits per heavy atom. The average Bonchev–Trinajstić information content (AvgIpc) is 2.14. The van der Waals surface area contributed by atoms with Gasteiger partial charge in [0.05, 0.1) is 22.7 Å². The molecule has 88 valence electrons. The van der Waals surface area contributed by atoms with E-state index in [0.29, 0.717) is 12.6 Å². The summed E-state index contributed by atoms with van der Waals surface area (Å²) in [6.45, 7) is 2.51. The van der Waals surface area contributed by atoms with Crippen LogP contribution in [-0.2, 0) is 19.2 Å². The van der Waals surface area contributed by atoms with Gasteiger partial charge in [-0.25, -0.2) is 0 Å². The second-order valence-corrected chi connectivity index (χ2v) is 4.51. The molecule has 1 aliphatic carbocycles. The van der Waals surface area contributed by atoms with Crippen molar-refractivity contribution in [2.24, 2.45) is 22.7 Å². The Labute approximate surface area is 91.3 Å².